The minimum atomic E-state index is -0.232. The summed E-state index contributed by atoms with van der Waals surface area (Å²) in [5.74, 6) is 0.387. The highest BCUT2D eigenvalue weighted by Gasteiger charge is 1.99. The number of alkyl halides is 1. The number of anilines is 1. The van der Waals surface area contributed by atoms with Gasteiger partial charge in [-0.15, -0.1) is 11.6 Å². The van der Waals surface area contributed by atoms with Crippen LogP contribution in [0.4, 0.5) is 5.69 Å². The first-order chi connectivity index (χ1) is 6.76. The van der Waals surface area contributed by atoms with Crippen LogP contribution in [0.15, 0.2) is 37.1 Å². The number of ether oxygens (including phenoxy) is 1. The number of amides is 1. The van der Waals surface area contributed by atoms with E-state index in [2.05, 4.69) is 11.9 Å². The fourth-order valence-electron chi connectivity index (χ4n) is 0.907. The first kappa shape index (κ1) is 10.6. The van der Waals surface area contributed by atoms with Gasteiger partial charge in [0.15, 0.2) is 0 Å². The van der Waals surface area contributed by atoms with E-state index in [-0.39, 0.29) is 11.8 Å². The zero-order chi connectivity index (χ0) is 10.4. The lowest BCUT2D eigenvalue weighted by Crippen LogP contribution is -2.12. The van der Waals surface area contributed by atoms with Crippen molar-refractivity contribution in [3.05, 3.63) is 37.1 Å². The van der Waals surface area contributed by atoms with Gasteiger partial charge in [-0.05, 0) is 24.3 Å². The first-order valence-corrected chi connectivity index (χ1v) is 4.53. The van der Waals surface area contributed by atoms with Crippen LogP contribution in [0.5, 0.6) is 5.75 Å². The normalized spacial score (nSPS) is 9.21. The summed E-state index contributed by atoms with van der Waals surface area (Å²) >= 11 is 5.33. The zero-order valence-corrected chi connectivity index (χ0v) is 8.25. The van der Waals surface area contributed by atoms with E-state index >= 15 is 0 Å². The molecular weight excluding hydrogens is 202 g/mol. The fraction of sp³-hybridized carbons (Fsp3) is 0.100. The van der Waals surface area contributed by atoms with Crippen molar-refractivity contribution in [2.24, 2.45) is 0 Å². The Labute approximate surface area is 87.3 Å². The van der Waals surface area contributed by atoms with Gasteiger partial charge in [0.2, 0.25) is 5.91 Å². The standard InChI is InChI=1S/C10H10ClNO2/c1-2-14-9-5-3-8(4-6-9)12-10(13)7-11/h2-6H,1,7H2,(H,12,13). The quantitative estimate of drug-likeness (QED) is 0.614. The summed E-state index contributed by atoms with van der Waals surface area (Å²) in [5.41, 5.74) is 0.687. The lowest BCUT2D eigenvalue weighted by atomic mass is 10.3. The van der Waals surface area contributed by atoms with E-state index in [0.717, 1.165) is 0 Å². The second kappa shape index (κ2) is 5.29. The van der Waals surface area contributed by atoms with Gasteiger partial charge >= 0.3 is 0 Å². The molecule has 0 heterocycles. The predicted octanol–water partition coefficient (Wildman–Crippen LogP) is 2.39. The van der Waals surface area contributed by atoms with Gasteiger partial charge in [-0.25, -0.2) is 0 Å². The number of hydrogen-bond donors (Lipinski definition) is 1. The number of hydrogen-bond acceptors (Lipinski definition) is 2. The molecule has 74 valence electrons. The maximum Gasteiger partial charge on any atom is 0.239 e. The molecule has 0 spiro atoms. The van der Waals surface area contributed by atoms with Crippen LogP contribution in [0.3, 0.4) is 0 Å². The van der Waals surface area contributed by atoms with Crippen LogP contribution in [0.1, 0.15) is 0 Å². The van der Waals surface area contributed by atoms with Crippen LogP contribution in [0, 0.1) is 0 Å². The summed E-state index contributed by atoms with van der Waals surface area (Å²) < 4.78 is 5.02. The topological polar surface area (TPSA) is 38.3 Å². The maximum atomic E-state index is 10.9. The Morgan fingerprint density at radius 3 is 2.64 bits per heavy atom. The average molecular weight is 212 g/mol. The van der Waals surface area contributed by atoms with E-state index < -0.39 is 0 Å². The third kappa shape index (κ3) is 3.11. The van der Waals surface area contributed by atoms with Crippen LogP contribution in [0.2, 0.25) is 0 Å². The molecule has 1 aromatic rings. The molecule has 0 aliphatic rings. The van der Waals surface area contributed by atoms with Crippen molar-refractivity contribution in [2.75, 3.05) is 11.2 Å². The summed E-state index contributed by atoms with van der Waals surface area (Å²) in [7, 11) is 0. The number of rotatable bonds is 4. The Bertz CT molecular complexity index is 321. The van der Waals surface area contributed by atoms with E-state index in [4.69, 9.17) is 16.3 Å². The van der Waals surface area contributed by atoms with Gasteiger partial charge in [0.05, 0.1) is 6.26 Å². The molecule has 0 aliphatic carbocycles. The average Bonchev–Trinajstić information content (AvgIpc) is 2.21. The number of carbonyl (C=O) groups is 1. The SMILES string of the molecule is C=COc1ccc(NC(=O)CCl)cc1. The second-order valence-corrected chi connectivity index (χ2v) is 2.76. The molecule has 3 nitrogen and oxygen atoms in total. The van der Waals surface area contributed by atoms with E-state index in [1.54, 1.807) is 24.3 Å². The van der Waals surface area contributed by atoms with Crippen LogP contribution in [0.25, 0.3) is 0 Å². The summed E-state index contributed by atoms with van der Waals surface area (Å²) in [6.45, 7) is 3.43. The Balaban J connectivity index is 2.63. The highest BCUT2D eigenvalue weighted by molar-refractivity contribution is 6.29. The van der Waals surface area contributed by atoms with E-state index in [9.17, 15) is 4.79 Å². The molecule has 0 saturated carbocycles. The van der Waals surface area contributed by atoms with Gasteiger partial charge < -0.3 is 10.1 Å². The summed E-state index contributed by atoms with van der Waals surface area (Å²) in [6, 6.07) is 6.91. The van der Waals surface area contributed by atoms with E-state index in [0.29, 0.717) is 11.4 Å². The molecule has 1 rings (SSSR count). The Hall–Kier alpha value is -1.48. The van der Waals surface area contributed by atoms with Crippen molar-refractivity contribution in [1.29, 1.82) is 0 Å². The number of halogens is 1. The smallest absolute Gasteiger partial charge is 0.239 e. The molecular formula is C10H10ClNO2. The summed E-state index contributed by atoms with van der Waals surface area (Å²) in [6.07, 6.45) is 1.34. The molecule has 0 aliphatic heterocycles. The monoisotopic (exact) mass is 211 g/mol. The molecule has 0 bridgehead atoms. The van der Waals surface area contributed by atoms with Gasteiger partial charge in [-0.1, -0.05) is 6.58 Å². The van der Waals surface area contributed by atoms with Crippen molar-refractivity contribution >= 4 is 23.2 Å². The van der Waals surface area contributed by atoms with Gasteiger partial charge in [0, 0.05) is 5.69 Å². The number of carbonyl (C=O) groups excluding carboxylic acids is 1. The van der Waals surface area contributed by atoms with Gasteiger partial charge in [-0.2, -0.15) is 0 Å². The summed E-state index contributed by atoms with van der Waals surface area (Å²) in [5, 5.41) is 2.61. The minimum absolute atomic E-state index is 0.0507. The molecule has 0 saturated heterocycles. The van der Waals surface area contributed by atoms with Crippen molar-refractivity contribution in [3.8, 4) is 5.75 Å². The van der Waals surface area contributed by atoms with Crippen molar-refractivity contribution in [2.45, 2.75) is 0 Å². The molecule has 1 aromatic carbocycles. The first-order valence-electron chi connectivity index (χ1n) is 3.99. The highest BCUT2D eigenvalue weighted by atomic mass is 35.5. The molecule has 0 atom stereocenters. The third-order valence-corrected chi connectivity index (χ3v) is 1.72. The van der Waals surface area contributed by atoms with E-state index in [1.165, 1.54) is 6.26 Å². The highest BCUT2D eigenvalue weighted by Crippen LogP contribution is 2.15. The zero-order valence-electron chi connectivity index (χ0n) is 7.50. The fourth-order valence-corrected chi connectivity index (χ4v) is 0.974. The van der Waals surface area contributed by atoms with Crippen molar-refractivity contribution in [1.82, 2.24) is 0 Å². The van der Waals surface area contributed by atoms with Crippen LogP contribution in [-0.2, 0) is 4.79 Å². The van der Waals surface area contributed by atoms with Crippen molar-refractivity contribution in [3.63, 3.8) is 0 Å². The number of benzene rings is 1. The Morgan fingerprint density at radius 1 is 1.50 bits per heavy atom. The van der Waals surface area contributed by atoms with Gasteiger partial charge in [-0.3, -0.25) is 4.79 Å². The molecule has 0 fully saturated rings. The maximum absolute atomic E-state index is 10.9. The van der Waals surface area contributed by atoms with Crippen LogP contribution >= 0.6 is 11.6 Å². The molecule has 0 unspecified atom stereocenters. The number of nitrogens with one attached hydrogen (secondary N) is 1. The molecule has 1 N–H and O–H groups in total. The van der Waals surface area contributed by atoms with Gasteiger partial charge in [0.25, 0.3) is 0 Å². The van der Waals surface area contributed by atoms with Crippen molar-refractivity contribution < 1.29 is 9.53 Å². The lowest BCUT2D eigenvalue weighted by Gasteiger charge is -2.03. The second-order valence-electron chi connectivity index (χ2n) is 2.49. The minimum Gasteiger partial charge on any atom is -0.466 e. The van der Waals surface area contributed by atoms with Gasteiger partial charge in [0.1, 0.15) is 11.6 Å². The Morgan fingerprint density at radius 2 is 2.14 bits per heavy atom. The molecule has 14 heavy (non-hydrogen) atoms. The molecule has 0 aromatic heterocycles. The van der Waals surface area contributed by atoms with Crippen LogP contribution < -0.4 is 10.1 Å². The Kier molecular flexibility index (Phi) is 4.01. The predicted molar refractivity (Wildman–Crippen MR) is 56.6 cm³/mol. The molecule has 1 amide bonds. The lowest BCUT2D eigenvalue weighted by molar-refractivity contribution is -0.113. The molecule has 0 radical (unpaired) electrons. The molecule has 4 heteroatoms. The largest absolute Gasteiger partial charge is 0.466 e. The van der Waals surface area contributed by atoms with Crippen LogP contribution in [-0.4, -0.2) is 11.8 Å². The summed E-state index contributed by atoms with van der Waals surface area (Å²) in [4.78, 5) is 10.9. The third-order valence-electron chi connectivity index (χ3n) is 1.48. The van der Waals surface area contributed by atoms with E-state index in [1.807, 2.05) is 0 Å².